The van der Waals surface area contributed by atoms with Crippen molar-refractivity contribution < 1.29 is 17.9 Å². The highest BCUT2D eigenvalue weighted by Crippen LogP contribution is 2.33. The Morgan fingerprint density at radius 1 is 1.00 bits per heavy atom. The molecule has 148 valence electrons. The number of alkyl halides is 3. The smallest absolute Gasteiger partial charge is 0.422 e. The highest BCUT2D eigenvalue weighted by atomic mass is 35.5. The molecule has 0 saturated carbocycles. The molecule has 2 N–H and O–H groups in total. The van der Waals surface area contributed by atoms with E-state index in [0.29, 0.717) is 18.4 Å². The van der Waals surface area contributed by atoms with E-state index in [2.05, 4.69) is 17.0 Å². The van der Waals surface area contributed by atoms with Gasteiger partial charge in [0.25, 0.3) is 0 Å². The molecule has 1 fully saturated rings. The van der Waals surface area contributed by atoms with Gasteiger partial charge in [0.05, 0.1) is 0 Å². The Kier molecular flexibility index (Phi) is 7.53. The van der Waals surface area contributed by atoms with Gasteiger partial charge < -0.3 is 10.5 Å². The molecule has 1 aliphatic heterocycles. The molecule has 2 aromatic rings. The van der Waals surface area contributed by atoms with Gasteiger partial charge in [-0.05, 0) is 35.7 Å². The van der Waals surface area contributed by atoms with Crippen LogP contribution in [0.1, 0.15) is 17.0 Å². The van der Waals surface area contributed by atoms with Crippen LogP contribution < -0.4 is 10.5 Å². The van der Waals surface area contributed by atoms with Crippen LogP contribution in [0.25, 0.3) is 0 Å². The molecule has 2 aromatic carbocycles. The minimum atomic E-state index is -4.32. The molecular weight excluding hydrogens is 377 g/mol. The molecule has 0 spiro atoms. The number of likely N-dealkylation sites (tertiary alicyclic amines) is 1. The standard InChI is InChI=1S/C20H23F3N2O.ClH/c21-20(22,23)14-26-18-8-6-15(7-9-18)11-25-12-17(10-24)19(13-25)16-4-2-1-3-5-16;/h1-9,17,19H,10-14,24H2;1H/t17-,19+;/m1./s1. The van der Waals surface area contributed by atoms with Crippen LogP contribution in [0.5, 0.6) is 5.75 Å². The number of nitrogens with zero attached hydrogens (tertiary/aromatic N) is 1. The lowest BCUT2D eigenvalue weighted by atomic mass is 9.89. The van der Waals surface area contributed by atoms with E-state index in [1.54, 1.807) is 12.1 Å². The molecule has 1 aliphatic rings. The second-order valence-corrected chi connectivity index (χ2v) is 6.75. The first-order valence-electron chi connectivity index (χ1n) is 8.70. The second-order valence-electron chi connectivity index (χ2n) is 6.75. The summed E-state index contributed by atoms with van der Waals surface area (Å²) < 4.78 is 41.3. The Hall–Kier alpha value is -1.76. The average Bonchev–Trinajstić information content (AvgIpc) is 3.04. The number of rotatable bonds is 6. The minimum absolute atomic E-state index is 0. The van der Waals surface area contributed by atoms with Crippen molar-refractivity contribution in [1.29, 1.82) is 0 Å². The van der Waals surface area contributed by atoms with Gasteiger partial charge in [-0.25, -0.2) is 0 Å². The quantitative estimate of drug-likeness (QED) is 0.788. The number of halogens is 4. The second kappa shape index (κ2) is 9.44. The normalized spacial score (nSPS) is 20.3. The van der Waals surface area contributed by atoms with E-state index in [0.717, 1.165) is 25.2 Å². The molecule has 27 heavy (non-hydrogen) atoms. The Labute approximate surface area is 163 Å². The van der Waals surface area contributed by atoms with Gasteiger partial charge in [-0.15, -0.1) is 12.4 Å². The summed E-state index contributed by atoms with van der Waals surface area (Å²) in [5.74, 6) is 1.05. The van der Waals surface area contributed by atoms with E-state index in [-0.39, 0.29) is 18.2 Å². The molecule has 0 bridgehead atoms. The molecule has 2 atom stereocenters. The van der Waals surface area contributed by atoms with E-state index in [1.807, 2.05) is 30.3 Å². The Bertz CT molecular complexity index is 695. The molecule has 3 nitrogen and oxygen atoms in total. The van der Waals surface area contributed by atoms with Gasteiger partial charge >= 0.3 is 6.18 Å². The van der Waals surface area contributed by atoms with Crippen molar-refractivity contribution in [3.8, 4) is 5.75 Å². The fourth-order valence-corrected chi connectivity index (χ4v) is 3.52. The molecule has 1 heterocycles. The first-order valence-corrected chi connectivity index (χ1v) is 8.70. The number of hydrogen-bond donors (Lipinski definition) is 1. The van der Waals surface area contributed by atoms with Crippen LogP contribution in [0.2, 0.25) is 0 Å². The lowest BCUT2D eigenvalue weighted by Gasteiger charge is -2.17. The van der Waals surface area contributed by atoms with E-state index < -0.39 is 12.8 Å². The highest BCUT2D eigenvalue weighted by molar-refractivity contribution is 5.85. The van der Waals surface area contributed by atoms with Crippen molar-refractivity contribution in [1.82, 2.24) is 4.90 Å². The lowest BCUT2D eigenvalue weighted by molar-refractivity contribution is -0.153. The number of benzene rings is 2. The summed E-state index contributed by atoms with van der Waals surface area (Å²) in [6, 6.07) is 17.2. The van der Waals surface area contributed by atoms with Crippen LogP contribution in [-0.2, 0) is 6.54 Å². The Morgan fingerprint density at radius 2 is 1.67 bits per heavy atom. The molecule has 7 heteroatoms. The number of ether oxygens (including phenoxy) is 1. The van der Waals surface area contributed by atoms with Crippen LogP contribution in [0, 0.1) is 5.92 Å². The van der Waals surface area contributed by atoms with Gasteiger partial charge in [-0.2, -0.15) is 13.2 Å². The maximum atomic E-state index is 12.2. The minimum Gasteiger partial charge on any atom is -0.484 e. The third kappa shape index (κ3) is 6.13. The van der Waals surface area contributed by atoms with Crippen molar-refractivity contribution in [3.05, 3.63) is 65.7 Å². The lowest BCUT2D eigenvalue weighted by Crippen LogP contribution is -2.23. The topological polar surface area (TPSA) is 38.5 Å². The zero-order valence-electron chi connectivity index (χ0n) is 14.9. The SMILES string of the molecule is Cl.NC[C@@H]1CN(Cc2ccc(OCC(F)(F)F)cc2)C[C@H]1c1ccccc1. The first-order chi connectivity index (χ1) is 12.4. The number of nitrogens with two attached hydrogens (primary N) is 1. The van der Waals surface area contributed by atoms with Gasteiger partial charge in [0.15, 0.2) is 6.61 Å². The predicted molar refractivity (Wildman–Crippen MR) is 102 cm³/mol. The third-order valence-electron chi connectivity index (χ3n) is 4.78. The fourth-order valence-electron chi connectivity index (χ4n) is 3.52. The van der Waals surface area contributed by atoms with Crippen LogP contribution in [0.3, 0.4) is 0 Å². The number of hydrogen-bond acceptors (Lipinski definition) is 3. The van der Waals surface area contributed by atoms with Crippen molar-refractivity contribution in [2.24, 2.45) is 11.7 Å². The van der Waals surface area contributed by atoms with Gasteiger partial charge in [-0.3, -0.25) is 4.90 Å². The van der Waals surface area contributed by atoms with Crippen molar-refractivity contribution in [2.45, 2.75) is 18.6 Å². The largest absolute Gasteiger partial charge is 0.484 e. The maximum Gasteiger partial charge on any atom is 0.422 e. The zero-order valence-corrected chi connectivity index (χ0v) is 15.7. The summed E-state index contributed by atoms with van der Waals surface area (Å²) in [5.41, 5.74) is 8.33. The van der Waals surface area contributed by atoms with Gasteiger partial charge in [0, 0.05) is 25.6 Å². The Morgan fingerprint density at radius 3 is 2.26 bits per heavy atom. The maximum absolute atomic E-state index is 12.2. The van der Waals surface area contributed by atoms with Crippen LogP contribution in [-0.4, -0.2) is 37.3 Å². The molecule has 0 amide bonds. The molecular formula is C20H24ClF3N2O. The van der Waals surface area contributed by atoms with Crippen LogP contribution >= 0.6 is 12.4 Å². The van der Waals surface area contributed by atoms with Gasteiger partial charge in [-0.1, -0.05) is 42.5 Å². The molecule has 0 radical (unpaired) electrons. The Balaban J connectivity index is 0.00000261. The van der Waals surface area contributed by atoms with Gasteiger partial charge in [0.2, 0.25) is 0 Å². The summed E-state index contributed by atoms with van der Waals surface area (Å²) in [6.07, 6.45) is -4.32. The third-order valence-corrected chi connectivity index (χ3v) is 4.78. The van der Waals surface area contributed by atoms with E-state index in [9.17, 15) is 13.2 Å². The summed E-state index contributed by atoms with van der Waals surface area (Å²) >= 11 is 0. The summed E-state index contributed by atoms with van der Waals surface area (Å²) in [6.45, 7) is 1.97. The summed E-state index contributed by atoms with van der Waals surface area (Å²) in [7, 11) is 0. The molecule has 0 aromatic heterocycles. The van der Waals surface area contributed by atoms with Crippen molar-refractivity contribution in [3.63, 3.8) is 0 Å². The first kappa shape index (κ1) is 21.5. The van der Waals surface area contributed by atoms with E-state index >= 15 is 0 Å². The molecule has 1 saturated heterocycles. The van der Waals surface area contributed by atoms with Crippen molar-refractivity contribution in [2.75, 3.05) is 26.2 Å². The highest BCUT2D eigenvalue weighted by Gasteiger charge is 2.32. The fraction of sp³-hybridized carbons (Fsp3) is 0.400. The van der Waals surface area contributed by atoms with Crippen molar-refractivity contribution >= 4 is 12.4 Å². The zero-order chi connectivity index (χ0) is 18.6. The molecule has 0 aliphatic carbocycles. The van der Waals surface area contributed by atoms with E-state index in [1.165, 1.54) is 5.56 Å². The summed E-state index contributed by atoms with van der Waals surface area (Å²) in [5, 5.41) is 0. The van der Waals surface area contributed by atoms with Gasteiger partial charge in [0.1, 0.15) is 5.75 Å². The van der Waals surface area contributed by atoms with Crippen LogP contribution in [0.4, 0.5) is 13.2 Å². The average molecular weight is 401 g/mol. The predicted octanol–water partition coefficient (Wildman–Crippen LogP) is 4.22. The van der Waals surface area contributed by atoms with Crippen LogP contribution in [0.15, 0.2) is 54.6 Å². The molecule has 3 rings (SSSR count). The van der Waals surface area contributed by atoms with E-state index in [4.69, 9.17) is 10.5 Å². The summed E-state index contributed by atoms with van der Waals surface area (Å²) in [4.78, 5) is 2.35. The monoisotopic (exact) mass is 400 g/mol. The molecule has 0 unspecified atom stereocenters.